The molecule has 78 valence electrons. The van der Waals surface area contributed by atoms with Crippen LogP contribution < -0.4 is 5.32 Å². The summed E-state index contributed by atoms with van der Waals surface area (Å²) in [4.78, 5) is 11.1. The Bertz CT molecular complexity index is 410. The smallest absolute Gasteiger partial charge is 0.225 e. The lowest BCUT2D eigenvalue weighted by atomic mass is 10.1. The average Bonchev–Trinajstić information content (AvgIpc) is 2.22. The first-order valence-electron chi connectivity index (χ1n) is 4.28. The second-order valence-electron chi connectivity index (χ2n) is 2.87. The minimum atomic E-state index is -0.992. The summed E-state index contributed by atoms with van der Waals surface area (Å²) in [6.07, 6.45) is 4.71. The van der Waals surface area contributed by atoms with Crippen LogP contribution >= 0.6 is 0 Å². The summed E-state index contributed by atoms with van der Waals surface area (Å²) in [5, 5.41) is 2.36. The average molecular weight is 209 g/mol. The van der Waals surface area contributed by atoms with E-state index >= 15 is 0 Å². The van der Waals surface area contributed by atoms with E-state index in [4.69, 9.17) is 6.42 Å². The van der Waals surface area contributed by atoms with Crippen molar-refractivity contribution in [3.05, 3.63) is 35.4 Å². The lowest BCUT2D eigenvalue weighted by Crippen LogP contribution is -2.25. The topological polar surface area (TPSA) is 29.1 Å². The van der Waals surface area contributed by atoms with Gasteiger partial charge in [-0.15, -0.1) is 6.42 Å². The number of nitrogens with one attached hydrogen (secondary N) is 1. The Labute approximate surface area is 86.3 Å². The van der Waals surface area contributed by atoms with E-state index in [9.17, 15) is 13.6 Å². The van der Waals surface area contributed by atoms with Crippen molar-refractivity contribution >= 4 is 5.91 Å². The molecule has 0 atom stereocenters. The molecule has 0 heterocycles. The summed E-state index contributed by atoms with van der Waals surface area (Å²) in [5.41, 5.74) is 0.0181. The van der Waals surface area contributed by atoms with Crippen LogP contribution in [0.3, 0.4) is 0 Å². The van der Waals surface area contributed by atoms with E-state index in [0.29, 0.717) is 0 Å². The zero-order valence-electron chi connectivity index (χ0n) is 7.89. The molecule has 0 bridgehead atoms. The largest absolute Gasteiger partial charge is 0.345 e. The Morgan fingerprint density at radius 3 is 2.87 bits per heavy atom. The molecule has 0 spiro atoms. The van der Waals surface area contributed by atoms with Gasteiger partial charge in [0.2, 0.25) is 5.91 Å². The molecule has 0 unspecified atom stereocenters. The molecule has 0 saturated heterocycles. The molecule has 15 heavy (non-hydrogen) atoms. The van der Waals surface area contributed by atoms with Crippen LogP contribution in [-0.4, -0.2) is 12.5 Å². The Kier molecular flexibility index (Phi) is 3.81. The molecule has 2 nitrogen and oxygen atoms in total. The van der Waals surface area contributed by atoms with Gasteiger partial charge in [0.25, 0.3) is 0 Å². The maximum atomic E-state index is 13.1. The van der Waals surface area contributed by atoms with Crippen LogP contribution in [0.1, 0.15) is 5.56 Å². The third-order valence-electron chi connectivity index (χ3n) is 1.77. The summed E-state index contributed by atoms with van der Waals surface area (Å²) in [5.74, 6) is -0.175. The molecule has 1 N–H and O–H groups in total. The highest BCUT2D eigenvalue weighted by molar-refractivity contribution is 5.78. The van der Waals surface area contributed by atoms with E-state index in [1.807, 2.05) is 0 Å². The third kappa shape index (κ3) is 3.06. The molecule has 0 aliphatic rings. The SMILES string of the molecule is C#CCNC(=O)Cc1cccc(F)c1F. The molecular weight excluding hydrogens is 200 g/mol. The molecular formula is C11H9F2NO. The predicted octanol–water partition coefficient (Wildman–Crippen LogP) is 1.26. The van der Waals surface area contributed by atoms with Crippen LogP contribution in [0.5, 0.6) is 0 Å². The van der Waals surface area contributed by atoms with Crippen LogP contribution in [-0.2, 0) is 11.2 Å². The van der Waals surface area contributed by atoms with Gasteiger partial charge in [0, 0.05) is 5.56 Å². The monoisotopic (exact) mass is 209 g/mol. The number of benzene rings is 1. The molecule has 1 rings (SSSR count). The van der Waals surface area contributed by atoms with Gasteiger partial charge in [-0.25, -0.2) is 8.78 Å². The first kappa shape index (κ1) is 11.2. The Balaban J connectivity index is 2.69. The number of carbonyl (C=O) groups excluding carboxylic acids is 1. The van der Waals surface area contributed by atoms with Gasteiger partial charge in [0.1, 0.15) is 0 Å². The van der Waals surface area contributed by atoms with E-state index in [0.717, 1.165) is 6.07 Å². The highest BCUT2D eigenvalue weighted by Gasteiger charge is 2.10. The van der Waals surface area contributed by atoms with E-state index < -0.39 is 17.5 Å². The maximum Gasteiger partial charge on any atom is 0.225 e. The second kappa shape index (κ2) is 5.11. The minimum absolute atomic E-state index is 0.0181. The molecule has 1 aromatic rings. The zero-order valence-corrected chi connectivity index (χ0v) is 7.89. The van der Waals surface area contributed by atoms with Gasteiger partial charge >= 0.3 is 0 Å². The first-order chi connectivity index (χ1) is 7.15. The minimum Gasteiger partial charge on any atom is -0.345 e. The van der Waals surface area contributed by atoms with Crippen LogP contribution in [0, 0.1) is 24.0 Å². The standard InChI is InChI=1S/C11H9F2NO/c1-2-6-14-10(15)7-8-4-3-5-9(12)11(8)13/h1,3-5H,6-7H2,(H,14,15). The van der Waals surface area contributed by atoms with E-state index in [2.05, 4.69) is 11.2 Å². The Hall–Kier alpha value is -1.89. The highest BCUT2D eigenvalue weighted by Crippen LogP contribution is 2.11. The number of hydrogen-bond donors (Lipinski definition) is 1. The van der Waals surface area contributed by atoms with Crippen molar-refractivity contribution in [2.75, 3.05) is 6.54 Å². The van der Waals surface area contributed by atoms with E-state index in [-0.39, 0.29) is 18.5 Å². The van der Waals surface area contributed by atoms with Crippen molar-refractivity contribution in [2.45, 2.75) is 6.42 Å². The second-order valence-corrected chi connectivity index (χ2v) is 2.87. The van der Waals surface area contributed by atoms with Crippen LogP contribution in [0.2, 0.25) is 0 Å². The fourth-order valence-corrected chi connectivity index (χ4v) is 1.07. The van der Waals surface area contributed by atoms with Crippen LogP contribution in [0.4, 0.5) is 8.78 Å². The van der Waals surface area contributed by atoms with Gasteiger partial charge in [-0.3, -0.25) is 4.79 Å². The number of halogens is 2. The molecule has 0 aromatic heterocycles. The maximum absolute atomic E-state index is 13.1. The van der Waals surface area contributed by atoms with Gasteiger partial charge in [-0.2, -0.15) is 0 Å². The number of hydrogen-bond acceptors (Lipinski definition) is 1. The molecule has 0 aliphatic carbocycles. The van der Waals surface area contributed by atoms with Gasteiger partial charge in [-0.1, -0.05) is 18.1 Å². The van der Waals surface area contributed by atoms with Crippen LogP contribution in [0.25, 0.3) is 0 Å². The number of rotatable bonds is 3. The van der Waals surface area contributed by atoms with Crippen molar-refractivity contribution in [1.29, 1.82) is 0 Å². The summed E-state index contributed by atoms with van der Waals surface area (Å²) in [6, 6.07) is 3.70. The van der Waals surface area contributed by atoms with Gasteiger partial charge in [0.15, 0.2) is 11.6 Å². The lowest BCUT2D eigenvalue weighted by Gasteiger charge is -2.03. The quantitative estimate of drug-likeness (QED) is 0.746. The van der Waals surface area contributed by atoms with Gasteiger partial charge < -0.3 is 5.32 Å². The fourth-order valence-electron chi connectivity index (χ4n) is 1.07. The molecule has 4 heteroatoms. The molecule has 0 radical (unpaired) electrons. The number of terminal acetylenes is 1. The highest BCUT2D eigenvalue weighted by atomic mass is 19.2. The predicted molar refractivity (Wildman–Crippen MR) is 51.9 cm³/mol. The summed E-state index contributed by atoms with van der Waals surface area (Å²) in [7, 11) is 0. The number of amides is 1. The van der Waals surface area contributed by atoms with E-state index in [1.165, 1.54) is 12.1 Å². The molecule has 0 fully saturated rings. The summed E-state index contributed by atoms with van der Waals surface area (Å²) >= 11 is 0. The van der Waals surface area contributed by atoms with Crippen molar-refractivity contribution in [2.24, 2.45) is 0 Å². The molecule has 0 saturated carbocycles. The lowest BCUT2D eigenvalue weighted by molar-refractivity contribution is -0.120. The first-order valence-corrected chi connectivity index (χ1v) is 4.28. The molecule has 1 amide bonds. The molecule has 0 aliphatic heterocycles. The van der Waals surface area contributed by atoms with Gasteiger partial charge in [-0.05, 0) is 6.07 Å². The van der Waals surface area contributed by atoms with Crippen molar-refractivity contribution in [3.63, 3.8) is 0 Å². The van der Waals surface area contributed by atoms with Crippen LogP contribution in [0.15, 0.2) is 18.2 Å². The van der Waals surface area contributed by atoms with Crippen molar-refractivity contribution in [3.8, 4) is 12.3 Å². The van der Waals surface area contributed by atoms with Crippen molar-refractivity contribution < 1.29 is 13.6 Å². The summed E-state index contributed by atoms with van der Waals surface area (Å²) in [6.45, 7) is 0.0791. The fraction of sp³-hybridized carbons (Fsp3) is 0.182. The third-order valence-corrected chi connectivity index (χ3v) is 1.77. The molecule has 1 aromatic carbocycles. The summed E-state index contributed by atoms with van der Waals surface area (Å²) < 4.78 is 25.8. The zero-order chi connectivity index (χ0) is 11.3. The van der Waals surface area contributed by atoms with Crippen molar-refractivity contribution in [1.82, 2.24) is 5.32 Å². The number of carbonyl (C=O) groups is 1. The normalized spacial score (nSPS) is 9.40. The van der Waals surface area contributed by atoms with Gasteiger partial charge in [0.05, 0.1) is 13.0 Å². The van der Waals surface area contributed by atoms with E-state index in [1.54, 1.807) is 0 Å². The Morgan fingerprint density at radius 2 is 2.20 bits per heavy atom. The Morgan fingerprint density at radius 1 is 1.47 bits per heavy atom.